The maximum atomic E-state index is 2.23. The van der Waals surface area contributed by atoms with Crippen molar-refractivity contribution in [2.24, 2.45) is 0 Å². The van der Waals surface area contributed by atoms with E-state index < -0.39 is 0 Å². The minimum Gasteiger partial charge on any atom is -0.344 e. The third kappa shape index (κ3) is 2.17. The topological polar surface area (TPSA) is 70.0 Å². The predicted octanol–water partition coefficient (Wildman–Crippen LogP) is 3.73. The van der Waals surface area contributed by atoms with Gasteiger partial charge in [-0.1, -0.05) is 48.6 Å². The van der Waals surface area contributed by atoms with Crippen LogP contribution < -0.4 is 12.3 Å². The number of rotatable bonds is 0. The van der Waals surface area contributed by atoms with E-state index in [-0.39, 0.29) is 29.1 Å². The molecule has 0 saturated carbocycles. The van der Waals surface area contributed by atoms with E-state index in [2.05, 4.69) is 48.6 Å². The van der Waals surface area contributed by atoms with Gasteiger partial charge in [0.25, 0.3) is 0 Å². The molecule has 0 fully saturated rings. The number of hydrogen-bond donors (Lipinski definition) is 2. The van der Waals surface area contributed by atoms with Crippen LogP contribution in [0.5, 0.6) is 0 Å². The summed E-state index contributed by atoms with van der Waals surface area (Å²) in [4.78, 5) is 0. The van der Waals surface area contributed by atoms with Gasteiger partial charge >= 0.3 is 0 Å². The Morgan fingerprint density at radius 3 is 2.31 bits per heavy atom. The summed E-state index contributed by atoms with van der Waals surface area (Å²) in [5, 5.41) is 2.80. The zero-order chi connectivity index (χ0) is 8.67. The van der Waals surface area contributed by atoms with Crippen LogP contribution in [0.25, 0.3) is 16.8 Å². The van der Waals surface area contributed by atoms with E-state index in [4.69, 9.17) is 0 Å². The van der Waals surface area contributed by atoms with Crippen molar-refractivity contribution < 1.29 is 16.8 Å². The molecule has 2 aromatic carbocycles. The first-order valence-electron chi connectivity index (χ1n) is 4.62. The fourth-order valence-corrected chi connectivity index (χ4v) is 2.07. The Morgan fingerprint density at radius 2 is 1.56 bits per heavy atom. The second kappa shape index (κ2) is 5.82. The molecule has 1 aliphatic rings. The molecular formula is C13H16CoN2. The molecule has 1 aliphatic carbocycles. The first-order chi connectivity index (χ1) is 6.45. The SMILES string of the molecule is C1=Cc2cccc3cccc(c23)C1.N.N.[Co]. The van der Waals surface area contributed by atoms with Crippen molar-refractivity contribution in [3.8, 4) is 0 Å². The second-order valence-electron chi connectivity index (χ2n) is 3.47. The molecule has 16 heavy (non-hydrogen) atoms. The molecule has 3 rings (SSSR count). The Balaban J connectivity index is 0.000000750. The van der Waals surface area contributed by atoms with Crippen LogP contribution in [0, 0.1) is 0 Å². The first-order valence-corrected chi connectivity index (χ1v) is 4.62. The van der Waals surface area contributed by atoms with Crippen LogP contribution in [0.2, 0.25) is 0 Å². The third-order valence-corrected chi connectivity index (χ3v) is 2.66. The molecule has 3 heteroatoms. The van der Waals surface area contributed by atoms with Gasteiger partial charge in [-0.15, -0.1) is 0 Å². The monoisotopic (exact) mass is 259 g/mol. The third-order valence-electron chi connectivity index (χ3n) is 2.66. The maximum Gasteiger partial charge on any atom is 0 e. The average Bonchev–Trinajstić information content (AvgIpc) is 2.19. The maximum absolute atomic E-state index is 2.23. The van der Waals surface area contributed by atoms with Crippen LogP contribution in [0.15, 0.2) is 42.5 Å². The van der Waals surface area contributed by atoms with Gasteiger partial charge in [0.05, 0.1) is 0 Å². The summed E-state index contributed by atoms with van der Waals surface area (Å²) in [5.74, 6) is 0. The Kier molecular flexibility index (Phi) is 5.40. The van der Waals surface area contributed by atoms with Crippen molar-refractivity contribution in [3.63, 3.8) is 0 Å². The average molecular weight is 259 g/mol. The molecule has 0 bridgehead atoms. The Morgan fingerprint density at radius 1 is 0.875 bits per heavy atom. The minimum absolute atomic E-state index is 0. The van der Waals surface area contributed by atoms with Gasteiger partial charge in [0.1, 0.15) is 0 Å². The molecule has 1 radical (unpaired) electrons. The van der Waals surface area contributed by atoms with E-state index in [0.717, 1.165) is 6.42 Å². The number of allylic oxidation sites excluding steroid dienone is 1. The van der Waals surface area contributed by atoms with Crippen molar-refractivity contribution in [2.45, 2.75) is 6.42 Å². The van der Waals surface area contributed by atoms with Gasteiger partial charge in [-0.05, 0) is 28.3 Å². The van der Waals surface area contributed by atoms with Crippen molar-refractivity contribution >= 4 is 16.8 Å². The van der Waals surface area contributed by atoms with E-state index in [1.807, 2.05) is 0 Å². The van der Waals surface area contributed by atoms with Crippen molar-refractivity contribution in [2.75, 3.05) is 0 Å². The summed E-state index contributed by atoms with van der Waals surface area (Å²) < 4.78 is 0. The van der Waals surface area contributed by atoms with E-state index in [1.165, 1.54) is 21.9 Å². The molecule has 0 unspecified atom stereocenters. The van der Waals surface area contributed by atoms with Gasteiger partial charge in [0, 0.05) is 16.8 Å². The van der Waals surface area contributed by atoms with Gasteiger partial charge < -0.3 is 12.3 Å². The molecular weight excluding hydrogens is 243 g/mol. The van der Waals surface area contributed by atoms with Gasteiger partial charge in [-0.2, -0.15) is 0 Å². The summed E-state index contributed by atoms with van der Waals surface area (Å²) in [6, 6.07) is 13.0. The molecule has 0 atom stereocenters. The fourth-order valence-electron chi connectivity index (χ4n) is 2.07. The Hall–Kier alpha value is -1.13. The first kappa shape index (κ1) is 14.9. The van der Waals surface area contributed by atoms with Gasteiger partial charge in [-0.25, -0.2) is 0 Å². The Bertz CT molecular complexity index is 501. The van der Waals surface area contributed by atoms with E-state index in [9.17, 15) is 0 Å². The van der Waals surface area contributed by atoms with Gasteiger partial charge in [-0.3, -0.25) is 0 Å². The summed E-state index contributed by atoms with van der Waals surface area (Å²) >= 11 is 0. The van der Waals surface area contributed by atoms with Gasteiger partial charge in [0.2, 0.25) is 0 Å². The molecule has 2 nitrogen and oxygen atoms in total. The molecule has 0 saturated heterocycles. The molecule has 0 aliphatic heterocycles. The van der Waals surface area contributed by atoms with Crippen LogP contribution in [0.3, 0.4) is 0 Å². The predicted molar refractivity (Wildman–Crippen MR) is 66.7 cm³/mol. The van der Waals surface area contributed by atoms with Crippen molar-refractivity contribution in [1.82, 2.24) is 12.3 Å². The second-order valence-corrected chi connectivity index (χ2v) is 3.47. The van der Waals surface area contributed by atoms with Crippen LogP contribution >= 0.6 is 0 Å². The van der Waals surface area contributed by atoms with E-state index in [0.29, 0.717) is 0 Å². The van der Waals surface area contributed by atoms with Gasteiger partial charge in [0.15, 0.2) is 0 Å². The zero-order valence-electron chi connectivity index (χ0n) is 9.07. The summed E-state index contributed by atoms with van der Waals surface area (Å²) in [7, 11) is 0. The Labute approximate surface area is 106 Å². The van der Waals surface area contributed by atoms with Crippen LogP contribution in [0.1, 0.15) is 11.1 Å². The van der Waals surface area contributed by atoms with Crippen LogP contribution in [-0.4, -0.2) is 0 Å². The summed E-state index contributed by atoms with van der Waals surface area (Å²) in [6.07, 6.45) is 5.53. The van der Waals surface area contributed by atoms with Crippen LogP contribution in [0.4, 0.5) is 0 Å². The molecule has 6 N–H and O–H groups in total. The van der Waals surface area contributed by atoms with Crippen molar-refractivity contribution in [3.05, 3.63) is 53.6 Å². The number of benzene rings is 2. The minimum atomic E-state index is 0. The molecule has 87 valence electrons. The molecule has 0 spiro atoms. The molecule has 0 amide bonds. The fraction of sp³-hybridized carbons (Fsp3) is 0.0769. The summed E-state index contributed by atoms with van der Waals surface area (Å²) in [6.45, 7) is 0. The quantitative estimate of drug-likeness (QED) is 0.756. The smallest absolute Gasteiger partial charge is 0 e. The standard InChI is InChI=1S/C13H10.Co.2H3N/c1-4-10-6-2-8-12-9-3-7-11(5-1)13(10)12;;;/h1-8H,9H2;;2*1H3. The van der Waals surface area contributed by atoms with Crippen molar-refractivity contribution in [1.29, 1.82) is 0 Å². The summed E-state index contributed by atoms with van der Waals surface area (Å²) in [5.41, 5.74) is 2.81. The molecule has 0 heterocycles. The van der Waals surface area contributed by atoms with E-state index >= 15 is 0 Å². The zero-order valence-corrected chi connectivity index (χ0v) is 10.1. The molecule has 0 aromatic heterocycles. The normalized spacial score (nSPS) is 11.0. The number of hydrogen-bond acceptors (Lipinski definition) is 2. The van der Waals surface area contributed by atoms with E-state index in [1.54, 1.807) is 0 Å². The largest absolute Gasteiger partial charge is 0.344 e. The van der Waals surface area contributed by atoms with Crippen LogP contribution in [-0.2, 0) is 23.2 Å². The molecule has 2 aromatic rings.